The largest absolute Gasteiger partial charge is 0.453 e. The fourth-order valence-corrected chi connectivity index (χ4v) is 7.38. The summed E-state index contributed by atoms with van der Waals surface area (Å²) < 4.78 is 32.2. The van der Waals surface area contributed by atoms with E-state index in [1.54, 1.807) is 11.1 Å². The highest BCUT2D eigenvalue weighted by Gasteiger charge is 2.43. The van der Waals surface area contributed by atoms with E-state index >= 15 is 0 Å². The van der Waals surface area contributed by atoms with Crippen LogP contribution in [-0.2, 0) is 22.4 Å². The number of H-pyrrole nitrogens is 2. The van der Waals surface area contributed by atoms with Crippen molar-refractivity contribution in [2.24, 2.45) is 0 Å². The van der Waals surface area contributed by atoms with E-state index in [0.717, 1.165) is 44.8 Å². The third kappa shape index (κ3) is 6.12. The molecule has 14 heteroatoms. The zero-order chi connectivity index (χ0) is 33.9. The van der Waals surface area contributed by atoms with Gasteiger partial charge < -0.3 is 25.3 Å². The van der Waals surface area contributed by atoms with E-state index in [9.17, 15) is 18.4 Å². The van der Waals surface area contributed by atoms with Crippen LogP contribution in [0.1, 0.15) is 47.7 Å². The zero-order valence-corrected chi connectivity index (χ0v) is 28.4. The first-order valence-electron chi connectivity index (χ1n) is 16.1. The highest BCUT2D eigenvalue weighted by Crippen LogP contribution is 2.45. The van der Waals surface area contributed by atoms with Crippen molar-refractivity contribution in [2.75, 3.05) is 18.6 Å². The summed E-state index contributed by atoms with van der Waals surface area (Å²) in [7, 11) is 1.29. The highest BCUT2D eigenvalue weighted by molar-refractivity contribution is 6.31. The number of alkyl carbamates (subject to hydrolysis) is 1. The molecular formula is C36H33Cl2F2N7O3. The topological polar surface area (TPSA) is 128 Å². The number of hydrogen-bond donors (Lipinski definition) is 4. The lowest BCUT2D eigenvalue weighted by atomic mass is 10.0. The Morgan fingerprint density at radius 1 is 0.980 bits per heavy atom. The van der Waals surface area contributed by atoms with Crippen LogP contribution >= 0.6 is 24.0 Å². The van der Waals surface area contributed by atoms with E-state index in [0.29, 0.717) is 41.8 Å². The van der Waals surface area contributed by atoms with Gasteiger partial charge in [0.15, 0.2) is 0 Å². The van der Waals surface area contributed by atoms with E-state index in [1.165, 1.54) is 7.11 Å². The van der Waals surface area contributed by atoms with Crippen molar-refractivity contribution in [3.05, 3.63) is 101 Å². The predicted molar refractivity (Wildman–Crippen MR) is 188 cm³/mol. The summed E-state index contributed by atoms with van der Waals surface area (Å²) in [5, 5.41) is 5.82. The lowest BCUT2D eigenvalue weighted by Gasteiger charge is -2.27. The number of amides is 2. The molecule has 0 spiro atoms. The Kier molecular flexibility index (Phi) is 8.87. The van der Waals surface area contributed by atoms with Crippen molar-refractivity contribution in [2.45, 2.75) is 49.7 Å². The van der Waals surface area contributed by atoms with Gasteiger partial charge in [-0.05, 0) is 40.7 Å². The molecule has 50 heavy (non-hydrogen) atoms. The van der Waals surface area contributed by atoms with Gasteiger partial charge in [0.05, 0.1) is 43.3 Å². The number of carbonyl (C=O) groups excluding carboxylic acids is 2. The molecule has 3 aliphatic rings. The Morgan fingerprint density at radius 2 is 1.66 bits per heavy atom. The number of nitrogens with zero attached hydrogens (tertiary/aromatic N) is 3. The molecule has 1 saturated heterocycles. The standard InChI is InChI=1S/C36H32ClF2N7O3.ClH/c1-49-35(48)43-25-14-13-23-3-2-4-24-15-28(46(30(23)24)34(25)47)33-40-17-27(42-33)21-9-5-19(6-10-21)20-7-11-22(12-8-20)29-31(37)45-32(44-29)26-16-36(38,39)18-41-26;/h2-12,17,25-26,28,41H,13-16,18H2,1H3,(H,40,42)(H,43,48)(H,44,45);1H/t25-,26-,28-;/m0./s1. The lowest BCUT2D eigenvalue weighted by molar-refractivity contribution is -0.121. The maximum atomic E-state index is 13.8. The third-order valence-electron chi connectivity index (χ3n) is 9.60. The molecular weight excluding hydrogens is 687 g/mol. The number of imidazole rings is 2. The average Bonchev–Trinajstić information content (AvgIpc) is 3.89. The normalized spacial score (nSPS) is 20.6. The van der Waals surface area contributed by atoms with Crippen molar-refractivity contribution < 1.29 is 23.1 Å². The van der Waals surface area contributed by atoms with Crippen molar-refractivity contribution in [3.8, 4) is 33.6 Å². The number of para-hydroxylation sites is 1. The summed E-state index contributed by atoms with van der Waals surface area (Å²) in [5.41, 5.74) is 8.09. The van der Waals surface area contributed by atoms with Gasteiger partial charge in [-0.25, -0.2) is 23.5 Å². The van der Waals surface area contributed by atoms with Crippen molar-refractivity contribution in [3.63, 3.8) is 0 Å². The van der Waals surface area contributed by atoms with E-state index in [2.05, 4.69) is 25.6 Å². The Balaban J connectivity index is 0.00000392. The fourth-order valence-electron chi connectivity index (χ4n) is 7.13. The number of rotatable bonds is 6. The molecule has 258 valence electrons. The molecule has 0 saturated carbocycles. The van der Waals surface area contributed by atoms with Gasteiger partial charge >= 0.3 is 6.09 Å². The van der Waals surface area contributed by atoms with Gasteiger partial charge in [-0.1, -0.05) is 78.3 Å². The molecule has 0 aliphatic carbocycles. The number of aryl methyl sites for hydroxylation is 1. The number of methoxy groups -OCH3 is 1. The van der Waals surface area contributed by atoms with Crippen LogP contribution in [0.2, 0.25) is 5.15 Å². The van der Waals surface area contributed by atoms with Crippen LogP contribution < -0.4 is 15.5 Å². The van der Waals surface area contributed by atoms with Gasteiger partial charge in [0.1, 0.15) is 28.5 Å². The number of nitrogens with one attached hydrogen (secondary N) is 4. The molecule has 3 aromatic carbocycles. The minimum atomic E-state index is -2.77. The van der Waals surface area contributed by atoms with Gasteiger partial charge in [0, 0.05) is 18.4 Å². The number of aromatic amines is 2. The molecule has 0 radical (unpaired) electrons. The van der Waals surface area contributed by atoms with E-state index in [1.807, 2.05) is 66.7 Å². The first-order valence-corrected chi connectivity index (χ1v) is 16.5. The van der Waals surface area contributed by atoms with E-state index < -0.39 is 24.1 Å². The SMILES string of the molecule is COC(=O)N[C@H]1CCc2cccc3c2N(C1=O)[C@H](c1ncc(-c2ccc(-c4ccc(-c5nc([C@@H]6CC(F)(F)CN6)[nH]c5Cl)cc4)cc2)[nH]1)C3.Cl. The first-order chi connectivity index (χ1) is 23.7. The van der Waals surface area contributed by atoms with Crippen molar-refractivity contribution in [1.82, 2.24) is 30.6 Å². The van der Waals surface area contributed by atoms with Crippen molar-refractivity contribution >= 4 is 41.7 Å². The molecule has 5 heterocycles. The molecule has 3 aliphatic heterocycles. The van der Waals surface area contributed by atoms with Crippen LogP contribution in [0, 0.1) is 0 Å². The third-order valence-corrected chi connectivity index (χ3v) is 9.87. The van der Waals surface area contributed by atoms with Crippen LogP contribution in [0.25, 0.3) is 33.6 Å². The number of benzene rings is 3. The number of alkyl halides is 2. The maximum Gasteiger partial charge on any atom is 0.407 e. The quantitative estimate of drug-likeness (QED) is 0.147. The first kappa shape index (κ1) is 33.7. The maximum absolute atomic E-state index is 13.8. The minimum Gasteiger partial charge on any atom is -0.453 e. The molecule has 0 bridgehead atoms. The number of hydrogen-bond acceptors (Lipinski definition) is 6. The number of carbonyl (C=O) groups is 2. The van der Waals surface area contributed by atoms with Crippen LogP contribution in [0.3, 0.4) is 0 Å². The van der Waals surface area contributed by atoms with Crippen LogP contribution in [-0.4, -0.2) is 57.6 Å². The van der Waals surface area contributed by atoms with Crippen LogP contribution in [0.4, 0.5) is 19.3 Å². The number of ether oxygens (including phenoxy) is 1. The lowest BCUT2D eigenvalue weighted by Crippen LogP contribution is -2.48. The summed E-state index contributed by atoms with van der Waals surface area (Å²) in [6, 6.07) is 20.3. The van der Waals surface area contributed by atoms with Gasteiger partial charge in [-0.2, -0.15) is 0 Å². The summed E-state index contributed by atoms with van der Waals surface area (Å²) in [5.74, 6) is -1.88. The molecule has 5 aromatic rings. The van der Waals surface area contributed by atoms with Crippen molar-refractivity contribution in [1.29, 1.82) is 0 Å². The number of halogens is 4. The second kappa shape index (κ2) is 13.2. The van der Waals surface area contributed by atoms with E-state index in [4.69, 9.17) is 21.3 Å². The Morgan fingerprint density at radius 3 is 2.34 bits per heavy atom. The summed E-state index contributed by atoms with van der Waals surface area (Å²) >= 11 is 6.42. The van der Waals surface area contributed by atoms with Gasteiger partial charge in [0.25, 0.3) is 5.92 Å². The van der Waals surface area contributed by atoms with Gasteiger partial charge in [-0.3, -0.25) is 9.69 Å². The van der Waals surface area contributed by atoms with E-state index in [-0.39, 0.29) is 37.3 Å². The molecule has 2 aromatic heterocycles. The summed E-state index contributed by atoms with van der Waals surface area (Å²) in [6.45, 7) is -0.381. The van der Waals surface area contributed by atoms with Crippen LogP contribution in [0.5, 0.6) is 0 Å². The smallest absolute Gasteiger partial charge is 0.407 e. The second-order valence-corrected chi connectivity index (χ2v) is 13.1. The molecule has 0 unspecified atom stereocenters. The molecule has 2 amide bonds. The summed E-state index contributed by atoms with van der Waals surface area (Å²) in [6.07, 6.45) is 2.57. The molecule has 4 N–H and O–H groups in total. The number of anilines is 1. The molecule has 1 fully saturated rings. The monoisotopic (exact) mass is 719 g/mol. The molecule has 10 nitrogen and oxygen atoms in total. The average molecular weight is 721 g/mol. The summed E-state index contributed by atoms with van der Waals surface area (Å²) in [4.78, 5) is 43.3. The Labute approximate surface area is 297 Å². The van der Waals surface area contributed by atoms with Gasteiger partial charge in [0.2, 0.25) is 5.91 Å². The van der Waals surface area contributed by atoms with Gasteiger partial charge in [-0.15, -0.1) is 12.4 Å². The minimum absolute atomic E-state index is 0. The number of aromatic nitrogens is 4. The zero-order valence-electron chi connectivity index (χ0n) is 26.8. The molecule has 8 rings (SSSR count). The fraction of sp³-hybridized carbons (Fsp3) is 0.278. The van der Waals surface area contributed by atoms with Crippen LogP contribution in [0.15, 0.2) is 72.9 Å². The second-order valence-electron chi connectivity index (χ2n) is 12.7. The highest BCUT2D eigenvalue weighted by atomic mass is 35.5. The predicted octanol–water partition coefficient (Wildman–Crippen LogP) is 7.18. The Hall–Kier alpha value is -4.78. The Bertz CT molecular complexity index is 2070. The molecule has 3 atom stereocenters.